The van der Waals surface area contributed by atoms with Gasteiger partial charge in [0, 0.05) is 43.4 Å². The van der Waals surface area contributed by atoms with Gasteiger partial charge >= 0.3 is 0 Å². The predicted octanol–water partition coefficient (Wildman–Crippen LogP) is 3.63. The summed E-state index contributed by atoms with van der Waals surface area (Å²) in [5, 5.41) is 6.58. The molecule has 0 bridgehead atoms. The zero-order chi connectivity index (χ0) is 18.9. The summed E-state index contributed by atoms with van der Waals surface area (Å²) in [4.78, 5) is 6.99. The van der Waals surface area contributed by atoms with E-state index in [1.165, 1.54) is 34.9 Å². The molecule has 6 heteroatoms. The van der Waals surface area contributed by atoms with Crippen LogP contribution in [0.3, 0.4) is 0 Å². The van der Waals surface area contributed by atoms with Crippen LogP contribution >= 0.6 is 11.8 Å². The molecule has 0 atom stereocenters. The number of nitrogens with one attached hydrogen (secondary N) is 2. The Hall–Kier alpha value is -2.21. The Kier molecular flexibility index (Phi) is 7.39. The van der Waals surface area contributed by atoms with Crippen LogP contribution in [0.25, 0.3) is 0 Å². The van der Waals surface area contributed by atoms with Crippen molar-refractivity contribution >= 4 is 23.4 Å². The first-order chi connectivity index (χ1) is 13.2. The largest absolute Gasteiger partial charge is 0.370 e. The summed E-state index contributed by atoms with van der Waals surface area (Å²) in [6.07, 6.45) is 0. The number of hydrogen-bond acceptors (Lipinski definition) is 3. The van der Waals surface area contributed by atoms with Crippen LogP contribution < -0.4 is 15.5 Å². The highest BCUT2D eigenvalue weighted by atomic mass is 32.2. The lowest BCUT2D eigenvalue weighted by Crippen LogP contribution is -2.36. The van der Waals surface area contributed by atoms with Gasteiger partial charge in [-0.1, -0.05) is 24.3 Å². The summed E-state index contributed by atoms with van der Waals surface area (Å²) < 4.78 is 13.3. The van der Waals surface area contributed by atoms with Gasteiger partial charge in [-0.15, -0.1) is 0 Å². The Bertz CT molecular complexity index is 742. The number of thioether (sulfide) groups is 1. The summed E-state index contributed by atoms with van der Waals surface area (Å²) in [5.74, 6) is 2.92. The van der Waals surface area contributed by atoms with Crippen molar-refractivity contribution < 1.29 is 4.39 Å². The fraction of sp³-hybridized carbons (Fsp3) is 0.381. The molecule has 4 nitrogen and oxygen atoms in total. The molecule has 3 rings (SSSR count). The molecule has 0 radical (unpaired) electrons. The van der Waals surface area contributed by atoms with Crippen molar-refractivity contribution in [1.82, 2.24) is 10.6 Å². The predicted molar refractivity (Wildman–Crippen MR) is 114 cm³/mol. The van der Waals surface area contributed by atoms with Crippen LogP contribution in [-0.4, -0.2) is 37.1 Å². The Balaban J connectivity index is 1.56. The third-order valence-corrected chi connectivity index (χ3v) is 5.37. The molecule has 144 valence electrons. The maximum atomic E-state index is 13.3. The lowest BCUT2D eigenvalue weighted by atomic mass is 10.2. The molecule has 2 aromatic rings. The highest BCUT2D eigenvalue weighted by Gasteiger charge is 2.10. The van der Waals surface area contributed by atoms with Gasteiger partial charge in [0.05, 0.1) is 6.54 Å². The molecule has 0 aliphatic carbocycles. The Morgan fingerprint density at radius 2 is 1.85 bits per heavy atom. The second-order valence-electron chi connectivity index (χ2n) is 6.44. The molecule has 1 fully saturated rings. The molecular weight excluding hydrogens is 359 g/mol. The van der Waals surface area contributed by atoms with Crippen LogP contribution in [-0.2, 0) is 13.1 Å². The molecule has 1 saturated heterocycles. The molecule has 2 aromatic carbocycles. The lowest BCUT2D eigenvalue weighted by molar-refractivity contribution is 0.625. The number of aliphatic imine (C=N–C) groups is 1. The van der Waals surface area contributed by atoms with Gasteiger partial charge in [0.15, 0.2) is 5.96 Å². The van der Waals surface area contributed by atoms with E-state index < -0.39 is 0 Å². The molecule has 2 N–H and O–H groups in total. The molecule has 1 aliphatic rings. The van der Waals surface area contributed by atoms with Crippen LogP contribution in [0.2, 0.25) is 0 Å². The second-order valence-corrected chi connectivity index (χ2v) is 7.67. The van der Waals surface area contributed by atoms with Crippen molar-refractivity contribution in [2.24, 2.45) is 4.99 Å². The minimum Gasteiger partial charge on any atom is -0.370 e. The third-order valence-electron chi connectivity index (χ3n) is 4.43. The van der Waals surface area contributed by atoms with Gasteiger partial charge in [-0.3, -0.25) is 0 Å². The van der Waals surface area contributed by atoms with Crippen molar-refractivity contribution in [3.63, 3.8) is 0 Å². The zero-order valence-electron chi connectivity index (χ0n) is 15.7. The maximum absolute atomic E-state index is 13.3. The van der Waals surface area contributed by atoms with E-state index in [0.29, 0.717) is 13.1 Å². The molecule has 0 aromatic heterocycles. The number of hydrogen-bond donors (Lipinski definition) is 2. The van der Waals surface area contributed by atoms with Crippen molar-refractivity contribution in [3.05, 3.63) is 65.5 Å². The summed E-state index contributed by atoms with van der Waals surface area (Å²) in [6, 6.07) is 15.3. The standard InChI is InChI=1S/C21H27FN4S/c1-2-23-21(25-16-18-4-3-5-19(22)14-18)24-15-17-6-8-20(9-7-17)26-10-12-27-13-11-26/h3-9,14H,2,10-13,15-16H2,1H3,(H2,23,24,25). The van der Waals surface area contributed by atoms with Gasteiger partial charge in [0.2, 0.25) is 0 Å². The topological polar surface area (TPSA) is 39.7 Å². The van der Waals surface area contributed by atoms with Crippen LogP contribution in [0.1, 0.15) is 18.1 Å². The van der Waals surface area contributed by atoms with E-state index in [1.54, 1.807) is 6.07 Å². The average Bonchev–Trinajstić information content (AvgIpc) is 2.71. The third kappa shape index (κ3) is 6.17. The number of guanidine groups is 1. The monoisotopic (exact) mass is 386 g/mol. The van der Waals surface area contributed by atoms with Crippen molar-refractivity contribution in [1.29, 1.82) is 0 Å². The zero-order valence-corrected chi connectivity index (χ0v) is 16.6. The highest BCUT2D eigenvalue weighted by Crippen LogP contribution is 2.19. The number of anilines is 1. The lowest BCUT2D eigenvalue weighted by Gasteiger charge is -2.28. The first kappa shape index (κ1) is 19.5. The Labute approximate surface area is 165 Å². The first-order valence-corrected chi connectivity index (χ1v) is 10.6. The van der Waals surface area contributed by atoms with Gasteiger partial charge in [-0.2, -0.15) is 11.8 Å². The number of benzene rings is 2. The summed E-state index contributed by atoms with van der Waals surface area (Å²) in [5.41, 5.74) is 3.36. The molecule has 1 heterocycles. The summed E-state index contributed by atoms with van der Waals surface area (Å²) >= 11 is 2.02. The quantitative estimate of drug-likeness (QED) is 0.587. The van der Waals surface area contributed by atoms with Crippen LogP contribution in [0.5, 0.6) is 0 Å². The van der Waals surface area contributed by atoms with E-state index in [0.717, 1.165) is 31.2 Å². The average molecular weight is 387 g/mol. The summed E-state index contributed by atoms with van der Waals surface area (Å²) in [7, 11) is 0. The number of halogens is 1. The Morgan fingerprint density at radius 1 is 1.07 bits per heavy atom. The molecule has 0 unspecified atom stereocenters. The molecule has 27 heavy (non-hydrogen) atoms. The van der Waals surface area contributed by atoms with Crippen molar-refractivity contribution in [2.45, 2.75) is 20.0 Å². The van der Waals surface area contributed by atoms with Gasteiger partial charge in [-0.05, 0) is 42.3 Å². The first-order valence-electron chi connectivity index (χ1n) is 9.43. The van der Waals surface area contributed by atoms with E-state index >= 15 is 0 Å². The van der Waals surface area contributed by atoms with E-state index in [2.05, 4.69) is 44.8 Å². The second kappa shape index (κ2) is 10.2. The minimum atomic E-state index is -0.229. The molecule has 1 aliphatic heterocycles. The summed E-state index contributed by atoms with van der Waals surface area (Å²) in [6.45, 7) is 6.20. The smallest absolute Gasteiger partial charge is 0.191 e. The normalized spacial score (nSPS) is 14.9. The van der Waals surface area contributed by atoms with Gasteiger partial charge in [0.1, 0.15) is 5.82 Å². The van der Waals surface area contributed by atoms with E-state index in [4.69, 9.17) is 0 Å². The molecule has 0 saturated carbocycles. The minimum absolute atomic E-state index is 0.229. The van der Waals surface area contributed by atoms with Gasteiger partial charge < -0.3 is 15.5 Å². The molecule has 0 spiro atoms. The van der Waals surface area contributed by atoms with E-state index in [9.17, 15) is 4.39 Å². The molecular formula is C21H27FN4S. The van der Waals surface area contributed by atoms with Gasteiger partial charge in [-0.25, -0.2) is 9.38 Å². The van der Waals surface area contributed by atoms with Crippen LogP contribution in [0, 0.1) is 5.82 Å². The highest BCUT2D eigenvalue weighted by molar-refractivity contribution is 7.99. The SMILES string of the molecule is CCNC(=NCc1cccc(F)c1)NCc1ccc(N2CCSCC2)cc1. The number of rotatable bonds is 6. The maximum Gasteiger partial charge on any atom is 0.191 e. The molecule has 0 amide bonds. The van der Waals surface area contributed by atoms with Crippen LogP contribution in [0.15, 0.2) is 53.5 Å². The van der Waals surface area contributed by atoms with E-state index in [-0.39, 0.29) is 5.82 Å². The number of nitrogens with zero attached hydrogens (tertiary/aromatic N) is 2. The fourth-order valence-corrected chi connectivity index (χ4v) is 3.88. The van der Waals surface area contributed by atoms with Crippen molar-refractivity contribution in [3.8, 4) is 0 Å². The van der Waals surface area contributed by atoms with Crippen molar-refractivity contribution in [2.75, 3.05) is 36.0 Å². The fourth-order valence-electron chi connectivity index (χ4n) is 2.98. The van der Waals surface area contributed by atoms with E-state index in [1.807, 2.05) is 24.8 Å². The van der Waals surface area contributed by atoms with Crippen LogP contribution in [0.4, 0.5) is 10.1 Å². The Morgan fingerprint density at radius 3 is 2.56 bits per heavy atom. The van der Waals surface area contributed by atoms with Gasteiger partial charge in [0.25, 0.3) is 0 Å².